The predicted octanol–water partition coefficient (Wildman–Crippen LogP) is 4.28. The molecule has 0 fully saturated rings. The standard InChI is InChI=1S/C23H24F3NO5/c1-30-12-10-27(11-13-31-2)14-17-18(28)9-8-16-20(29)19(15-6-4-3-5-7-15)22(23(24,25)26)32-21(16)17/h3-9,28H,10-14H2,1-2H3. The molecule has 0 saturated heterocycles. The van der Waals surface area contributed by atoms with Gasteiger partial charge in [0.25, 0.3) is 0 Å². The van der Waals surface area contributed by atoms with E-state index in [9.17, 15) is 23.1 Å². The Hall–Kier alpha value is -2.88. The molecule has 3 aromatic rings. The van der Waals surface area contributed by atoms with Gasteiger partial charge in [-0.15, -0.1) is 0 Å². The third-order valence-corrected chi connectivity index (χ3v) is 5.06. The Morgan fingerprint density at radius 2 is 1.62 bits per heavy atom. The van der Waals surface area contributed by atoms with E-state index in [0.29, 0.717) is 26.3 Å². The third-order valence-electron chi connectivity index (χ3n) is 5.06. The maximum atomic E-state index is 13.9. The van der Waals surface area contributed by atoms with Crippen LogP contribution in [0.1, 0.15) is 11.3 Å². The molecule has 0 spiro atoms. The Labute approximate surface area is 182 Å². The summed E-state index contributed by atoms with van der Waals surface area (Å²) in [6, 6.07) is 10.2. The van der Waals surface area contributed by atoms with Gasteiger partial charge in [-0.1, -0.05) is 30.3 Å². The van der Waals surface area contributed by atoms with E-state index < -0.39 is 22.9 Å². The van der Waals surface area contributed by atoms with Crippen LogP contribution in [0.3, 0.4) is 0 Å². The van der Waals surface area contributed by atoms with E-state index in [1.807, 2.05) is 4.90 Å². The molecular weight excluding hydrogens is 427 g/mol. The van der Waals surface area contributed by atoms with Crippen molar-refractivity contribution in [3.8, 4) is 16.9 Å². The lowest BCUT2D eigenvalue weighted by molar-refractivity contribution is -0.152. The monoisotopic (exact) mass is 451 g/mol. The number of ether oxygens (including phenoxy) is 2. The fourth-order valence-electron chi connectivity index (χ4n) is 3.46. The van der Waals surface area contributed by atoms with Gasteiger partial charge < -0.3 is 19.0 Å². The van der Waals surface area contributed by atoms with Crippen molar-refractivity contribution in [3.63, 3.8) is 0 Å². The molecule has 0 atom stereocenters. The van der Waals surface area contributed by atoms with Gasteiger partial charge in [0.2, 0.25) is 11.2 Å². The van der Waals surface area contributed by atoms with E-state index in [2.05, 4.69) is 0 Å². The topological polar surface area (TPSA) is 72.1 Å². The molecule has 0 aliphatic heterocycles. The molecule has 0 saturated carbocycles. The number of aromatic hydroxyl groups is 1. The first-order chi connectivity index (χ1) is 15.3. The maximum absolute atomic E-state index is 13.9. The fourth-order valence-corrected chi connectivity index (χ4v) is 3.46. The van der Waals surface area contributed by atoms with Crippen LogP contribution in [0, 0.1) is 0 Å². The van der Waals surface area contributed by atoms with Crippen LogP contribution in [0.4, 0.5) is 13.2 Å². The zero-order valence-corrected chi connectivity index (χ0v) is 17.7. The number of hydrogen-bond donors (Lipinski definition) is 1. The number of rotatable bonds is 9. The molecule has 3 rings (SSSR count). The van der Waals surface area contributed by atoms with Gasteiger partial charge in [0, 0.05) is 33.9 Å². The number of methoxy groups -OCH3 is 2. The molecule has 1 heterocycles. The summed E-state index contributed by atoms with van der Waals surface area (Å²) in [6.45, 7) is 1.65. The molecule has 0 unspecified atom stereocenters. The molecule has 0 radical (unpaired) electrons. The smallest absolute Gasteiger partial charge is 0.450 e. The molecule has 9 heteroatoms. The van der Waals surface area contributed by atoms with Gasteiger partial charge in [-0.25, -0.2) is 0 Å². The number of nitrogens with zero attached hydrogens (tertiary/aromatic N) is 1. The van der Waals surface area contributed by atoms with Gasteiger partial charge in [0.1, 0.15) is 11.3 Å². The lowest BCUT2D eigenvalue weighted by atomic mass is 10.00. The Kier molecular flexibility index (Phi) is 7.55. The summed E-state index contributed by atoms with van der Waals surface area (Å²) >= 11 is 0. The summed E-state index contributed by atoms with van der Waals surface area (Å²) in [7, 11) is 3.06. The van der Waals surface area contributed by atoms with Crippen LogP contribution in [0.5, 0.6) is 5.75 Å². The summed E-state index contributed by atoms with van der Waals surface area (Å²) < 4.78 is 57.3. The Bertz CT molecular complexity index is 1100. The normalized spacial score (nSPS) is 12.1. The van der Waals surface area contributed by atoms with Crippen LogP contribution in [-0.2, 0) is 22.2 Å². The molecule has 1 aromatic heterocycles. The highest BCUT2D eigenvalue weighted by Gasteiger charge is 2.39. The van der Waals surface area contributed by atoms with Gasteiger partial charge in [-0.2, -0.15) is 13.2 Å². The summed E-state index contributed by atoms with van der Waals surface area (Å²) in [5.74, 6) is -1.66. The van der Waals surface area contributed by atoms with Crippen molar-refractivity contribution < 1.29 is 32.2 Å². The first-order valence-electron chi connectivity index (χ1n) is 9.92. The highest BCUT2D eigenvalue weighted by atomic mass is 19.4. The Morgan fingerprint density at radius 3 is 2.19 bits per heavy atom. The largest absolute Gasteiger partial charge is 0.507 e. The van der Waals surface area contributed by atoms with E-state index in [0.717, 1.165) is 0 Å². The van der Waals surface area contributed by atoms with E-state index in [-0.39, 0.29) is 34.4 Å². The predicted molar refractivity (Wildman–Crippen MR) is 114 cm³/mol. The molecule has 0 amide bonds. The number of halogens is 3. The number of phenols is 1. The van der Waals surface area contributed by atoms with E-state index in [1.165, 1.54) is 38.5 Å². The second-order valence-electron chi connectivity index (χ2n) is 7.20. The molecule has 32 heavy (non-hydrogen) atoms. The van der Waals surface area contributed by atoms with Crippen LogP contribution in [0.25, 0.3) is 22.1 Å². The van der Waals surface area contributed by atoms with Gasteiger partial charge >= 0.3 is 6.18 Å². The van der Waals surface area contributed by atoms with E-state index in [1.54, 1.807) is 18.2 Å². The van der Waals surface area contributed by atoms with Crippen LogP contribution in [-0.4, -0.2) is 50.5 Å². The SMILES string of the molecule is COCCN(CCOC)Cc1c(O)ccc2c(=O)c(-c3ccccc3)c(C(F)(F)F)oc12. The minimum absolute atomic E-state index is 0.0388. The number of fused-ring (bicyclic) bond motifs is 1. The Morgan fingerprint density at radius 1 is 1.00 bits per heavy atom. The van der Waals surface area contributed by atoms with Crippen molar-refractivity contribution in [1.29, 1.82) is 0 Å². The molecule has 1 N–H and O–H groups in total. The van der Waals surface area contributed by atoms with Crippen molar-refractivity contribution in [1.82, 2.24) is 4.90 Å². The fraction of sp³-hybridized carbons (Fsp3) is 0.348. The summed E-state index contributed by atoms with van der Waals surface area (Å²) in [5, 5.41) is 10.4. The highest BCUT2D eigenvalue weighted by Crippen LogP contribution is 2.39. The molecule has 6 nitrogen and oxygen atoms in total. The van der Waals surface area contributed by atoms with Crippen molar-refractivity contribution in [2.45, 2.75) is 12.7 Å². The number of benzene rings is 2. The van der Waals surface area contributed by atoms with E-state index in [4.69, 9.17) is 13.9 Å². The van der Waals surface area contributed by atoms with Crippen molar-refractivity contribution in [2.24, 2.45) is 0 Å². The average Bonchev–Trinajstić information content (AvgIpc) is 2.76. The number of phenolic OH excluding ortho intramolecular Hbond substituents is 1. The Balaban J connectivity index is 2.22. The van der Waals surface area contributed by atoms with E-state index >= 15 is 0 Å². The quantitative estimate of drug-likeness (QED) is 0.524. The zero-order chi connectivity index (χ0) is 23.3. The van der Waals surface area contributed by atoms with Crippen molar-refractivity contribution in [3.05, 3.63) is 64.0 Å². The van der Waals surface area contributed by atoms with Crippen LogP contribution >= 0.6 is 0 Å². The van der Waals surface area contributed by atoms with Crippen molar-refractivity contribution in [2.75, 3.05) is 40.5 Å². The molecule has 0 aliphatic rings. The summed E-state index contributed by atoms with van der Waals surface area (Å²) in [5.41, 5.74) is -1.46. The van der Waals surface area contributed by atoms with Crippen LogP contribution in [0.2, 0.25) is 0 Å². The molecule has 172 valence electrons. The van der Waals surface area contributed by atoms with Crippen molar-refractivity contribution >= 4 is 11.0 Å². The van der Waals surface area contributed by atoms with Gasteiger partial charge in [0.05, 0.1) is 29.7 Å². The molecular formula is C23H24F3NO5. The molecule has 0 aliphatic carbocycles. The summed E-state index contributed by atoms with van der Waals surface area (Å²) in [4.78, 5) is 15.0. The molecule has 2 aromatic carbocycles. The highest BCUT2D eigenvalue weighted by molar-refractivity contribution is 5.86. The van der Waals surface area contributed by atoms with Gasteiger partial charge in [-0.05, 0) is 17.7 Å². The maximum Gasteiger partial charge on any atom is 0.450 e. The lowest BCUT2D eigenvalue weighted by Crippen LogP contribution is -2.30. The van der Waals surface area contributed by atoms with Gasteiger partial charge in [0.15, 0.2) is 0 Å². The van der Waals surface area contributed by atoms with Crippen LogP contribution in [0.15, 0.2) is 51.7 Å². The minimum Gasteiger partial charge on any atom is -0.507 e. The summed E-state index contributed by atoms with van der Waals surface area (Å²) in [6.07, 6.45) is -4.91. The average molecular weight is 451 g/mol. The second-order valence-corrected chi connectivity index (χ2v) is 7.20. The lowest BCUT2D eigenvalue weighted by Gasteiger charge is -2.23. The number of hydrogen-bond acceptors (Lipinski definition) is 6. The second kappa shape index (κ2) is 10.2. The first-order valence-corrected chi connectivity index (χ1v) is 9.92. The minimum atomic E-state index is -4.91. The first kappa shape index (κ1) is 23.8. The zero-order valence-electron chi connectivity index (χ0n) is 17.7. The van der Waals surface area contributed by atoms with Crippen LogP contribution < -0.4 is 5.43 Å². The third kappa shape index (κ3) is 5.12. The number of alkyl halides is 3. The van der Waals surface area contributed by atoms with Gasteiger partial charge in [-0.3, -0.25) is 9.69 Å². The molecule has 0 bridgehead atoms.